The quantitative estimate of drug-likeness (QED) is 0.543. The van der Waals surface area contributed by atoms with Crippen LogP contribution in [-0.2, 0) is 0 Å². The third-order valence-electron chi connectivity index (χ3n) is 2.39. The molecule has 0 aromatic carbocycles. The molecule has 2 nitrogen and oxygen atoms in total. The van der Waals surface area contributed by atoms with Crippen LogP contribution in [0, 0.1) is 0 Å². The summed E-state index contributed by atoms with van der Waals surface area (Å²) in [5, 5.41) is 0. The van der Waals surface area contributed by atoms with Crippen molar-refractivity contribution in [3.8, 4) is 0 Å². The molecule has 2 N–H and O–H groups in total. The van der Waals surface area contributed by atoms with Crippen LogP contribution in [0.3, 0.4) is 0 Å². The van der Waals surface area contributed by atoms with Gasteiger partial charge in [-0.15, -0.1) is 0 Å². The monoisotopic (exact) mass is 145 g/mol. The molecule has 0 saturated carbocycles. The zero-order valence-electron chi connectivity index (χ0n) is 7.06. The fourth-order valence-electron chi connectivity index (χ4n) is 1.66. The highest BCUT2D eigenvalue weighted by molar-refractivity contribution is 4.71. The highest BCUT2D eigenvalue weighted by atomic mass is 16.0. The molecule has 1 aliphatic heterocycles. The number of likely N-dealkylation sites (tertiary alicyclic amines) is 1. The first-order valence-corrected chi connectivity index (χ1v) is 4.05. The van der Waals surface area contributed by atoms with Gasteiger partial charge in [0.05, 0.1) is 0 Å². The largest absolute Gasteiger partial charge is 0.412 e. The second-order valence-corrected chi connectivity index (χ2v) is 3.04. The van der Waals surface area contributed by atoms with Gasteiger partial charge in [0.15, 0.2) is 0 Å². The lowest BCUT2D eigenvalue weighted by Gasteiger charge is -2.31. The van der Waals surface area contributed by atoms with Gasteiger partial charge >= 0.3 is 0 Å². The summed E-state index contributed by atoms with van der Waals surface area (Å²) < 4.78 is 0. The Morgan fingerprint density at radius 1 is 1.40 bits per heavy atom. The van der Waals surface area contributed by atoms with Gasteiger partial charge in [-0.25, -0.2) is 0 Å². The van der Waals surface area contributed by atoms with Crippen molar-refractivity contribution in [2.45, 2.75) is 38.6 Å². The van der Waals surface area contributed by atoms with E-state index in [0.717, 1.165) is 6.04 Å². The van der Waals surface area contributed by atoms with Crippen molar-refractivity contribution in [1.82, 2.24) is 4.90 Å². The summed E-state index contributed by atoms with van der Waals surface area (Å²) >= 11 is 0. The van der Waals surface area contributed by atoms with Crippen LogP contribution in [-0.4, -0.2) is 30.0 Å². The molecule has 0 aromatic rings. The molecule has 0 spiro atoms. The first-order chi connectivity index (χ1) is 4.34. The van der Waals surface area contributed by atoms with E-state index >= 15 is 0 Å². The minimum atomic E-state index is 0. The van der Waals surface area contributed by atoms with E-state index in [9.17, 15) is 0 Å². The smallest absolute Gasteiger partial charge is 0.00895 e. The van der Waals surface area contributed by atoms with E-state index in [1.54, 1.807) is 0 Å². The molecule has 0 aromatic heterocycles. The maximum absolute atomic E-state index is 2.49. The average Bonchev–Trinajstić information content (AvgIpc) is 1.89. The lowest BCUT2D eigenvalue weighted by molar-refractivity contribution is 0.181. The SMILES string of the molecule is CCC1CCCCN1C.O. The fourth-order valence-corrected chi connectivity index (χ4v) is 1.66. The third kappa shape index (κ3) is 2.27. The Labute approximate surface area is 63.5 Å². The van der Waals surface area contributed by atoms with E-state index in [2.05, 4.69) is 18.9 Å². The van der Waals surface area contributed by atoms with Crippen LogP contribution in [0.2, 0.25) is 0 Å². The van der Waals surface area contributed by atoms with Crippen LogP contribution in [0.4, 0.5) is 0 Å². The number of hydrogen-bond donors (Lipinski definition) is 0. The molecule has 10 heavy (non-hydrogen) atoms. The van der Waals surface area contributed by atoms with Gasteiger partial charge in [0.25, 0.3) is 0 Å². The number of rotatable bonds is 1. The van der Waals surface area contributed by atoms with E-state index < -0.39 is 0 Å². The van der Waals surface area contributed by atoms with Gasteiger partial charge in [-0.1, -0.05) is 13.3 Å². The molecule has 2 heteroatoms. The Morgan fingerprint density at radius 3 is 2.50 bits per heavy atom. The molecular weight excluding hydrogens is 126 g/mol. The molecule has 1 aliphatic rings. The molecule has 1 saturated heterocycles. The lowest BCUT2D eigenvalue weighted by Crippen LogP contribution is -2.35. The lowest BCUT2D eigenvalue weighted by atomic mass is 10.0. The standard InChI is InChI=1S/C8H17N.H2O/c1-3-8-6-4-5-7-9(8)2;/h8H,3-7H2,1-2H3;1H2. The zero-order chi connectivity index (χ0) is 6.69. The van der Waals surface area contributed by atoms with Crippen LogP contribution in [0.25, 0.3) is 0 Å². The average molecular weight is 145 g/mol. The van der Waals surface area contributed by atoms with Crippen molar-refractivity contribution in [3.63, 3.8) is 0 Å². The summed E-state index contributed by atoms with van der Waals surface area (Å²) in [5.41, 5.74) is 0. The van der Waals surface area contributed by atoms with Gasteiger partial charge in [-0.05, 0) is 32.9 Å². The van der Waals surface area contributed by atoms with E-state index in [4.69, 9.17) is 0 Å². The molecule has 1 atom stereocenters. The predicted octanol–water partition coefficient (Wildman–Crippen LogP) is 1.06. The highest BCUT2D eigenvalue weighted by Crippen LogP contribution is 2.16. The molecule has 62 valence electrons. The van der Waals surface area contributed by atoms with Gasteiger partial charge in [0.2, 0.25) is 0 Å². The van der Waals surface area contributed by atoms with Gasteiger partial charge in [-0.3, -0.25) is 0 Å². The van der Waals surface area contributed by atoms with Crippen LogP contribution in [0.15, 0.2) is 0 Å². The summed E-state index contributed by atoms with van der Waals surface area (Å²) in [6.45, 7) is 3.60. The first kappa shape index (κ1) is 9.92. The van der Waals surface area contributed by atoms with Crippen molar-refractivity contribution >= 4 is 0 Å². The molecule has 0 radical (unpaired) electrons. The van der Waals surface area contributed by atoms with Crippen LogP contribution < -0.4 is 0 Å². The Morgan fingerprint density at radius 2 is 2.10 bits per heavy atom. The number of hydrogen-bond acceptors (Lipinski definition) is 1. The van der Waals surface area contributed by atoms with E-state index in [1.807, 2.05) is 0 Å². The molecule has 1 heterocycles. The zero-order valence-corrected chi connectivity index (χ0v) is 7.06. The van der Waals surface area contributed by atoms with Crippen LogP contribution in [0.5, 0.6) is 0 Å². The Kier molecular flexibility index (Phi) is 4.65. The minimum absolute atomic E-state index is 0. The normalized spacial score (nSPS) is 27.6. The third-order valence-corrected chi connectivity index (χ3v) is 2.39. The molecular formula is C8H19NO. The van der Waals surface area contributed by atoms with Crippen molar-refractivity contribution in [2.24, 2.45) is 0 Å². The molecule has 0 bridgehead atoms. The fraction of sp³-hybridized carbons (Fsp3) is 1.00. The molecule has 1 rings (SSSR count). The van der Waals surface area contributed by atoms with Gasteiger partial charge < -0.3 is 10.4 Å². The summed E-state index contributed by atoms with van der Waals surface area (Å²) in [5.74, 6) is 0. The molecule has 1 fully saturated rings. The Balaban J connectivity index is 0.000000810. The summed E-state index contributed by atoms with van der Waals surface area (Å²) in [7, 11) is 2.24. The second kappa shape index (κ2) is 4.69. The van der Waals surface area contributed by atoms with Gasteiger partial charge in [0, 0.05) is 6.04 Å². The van der Waals surface area contributed by atoms with Crippen LogP contribution >= 0.6 is 0 Å². The predicted molar refractivity (Wildman–Crippen MR) is 44.2 cm³/mol. The van der Waals surface area contributed by atoms with Crippen molar-refractivity contribution in [2.75, 3.05) is 13.6 Å². The van der Waals surface area contributed by atoms with Crippen molar-refractivity contribution < 1.29 is 5.48 Å². The van der Waals surface area contributed by atoms with Gasteiger partial charge in [0.1, 0.15) is 0 Å². The van der Waals surface area contributed by atoms with E-state index in [-0.39, 0.29) is 5.48 Å². The summed E-state index contributed by atoms with van der Waals surface area (Å²) in [4.78, 5) is 2.49. The van der Waals surface area contributed by atoms with E-state index in [1.165, 1.54) is 32.2 Å². The Hall–Kier alpha value is -0.0800. The number of nitrogens with zero attached hydrogens (tertiary/aromatic N) is 1. The van der Waals surface area contributed by atoms with Crippen molar-refractivity contribution in [1.29, 1.82) is 0 Å². The summed E-state index contributed by atoms with van der Waals surface area (Å²) in [6.07, 6.45) is 5.61. The molecule has 0 amide bonds. The maximum Gasteiger partial charge on any atom is 0.00895 e. The van der Waals surface area contributed by atoms with Crippen molar-refractivity contribution in [3.05, 3.63) is 0 Å². The maximum atomic E-state index is 2.49. The molecule has 0 aliphatic carbocycles. The van der Waals surface area contributed by atoms with E-state index in [0.29, 0.717) is 0 Å². The minimum Gasteiger partial charge on any atom is -0.412 e. The van der Waals surface area contributed by atoms with Gasteiger partial charge in [-0.2, -0.15) is 0 Å². The highest BCUT2D eigenvalue weighted by Gasteiger charge is 2.15. The summed E-state index contributed by atoms with van der Waals surface area (Å²) in [6, 6.07) is 0.888. The molecule has 1 unspecified atom stereocenters. The van der Waals surface area contributed by atoms with Crippen LogP contribution in [0.1, 0.15) is 32.6 Å². The Bertz CT molecular complexity index is 85.3. The first-order valence-electron chi connectivity index (χ1n) is 4.05. The topological polar surface area (TPSA) is 34.7 Å². The number of piperidine rings is 1. The second-order valence-electron chi connectivity index (χ2n) is 3.04.